The lowest BCUT2D eigenvalue weighted by Gasteiger charge is -2.36. The third kappa shape index (κ3) is 9.55. The molecule has 6 nitrogen and oxygen atoms in total. The van der Waals surface area contributed by atoms with Gasteiger partial charge < -0.3 is 19.5 Å². The predicted octanol–water partition coefficient (Wildman–Crippen LogP) is 6.20. The Morgan fingerprint density at radius 2 is 1.56 bits per heavy atom. The monoisotopic (exact) mass is 604 g/mol. The summed E-state index contributed by atoms with van der Waals surface area (Å²) in [5.41, 5.74) is 3.65. The highest BCUT2D eigenvalue weighted by molar-refractivity contribution is 5.96. The van der Waals surface area contributed by atoms with Gasteiger partial charge in [0.05, 0.1) is 0 Å². The molecule has 0 saturated carbocycles. The molecule has 43 heavy (non-hydrogen) atoms. The van der Waals surface area contributed by atoms with E-state index in [0.717, 1.165) is 43.0 Å². The molecule has 1 unspecified atom stereocenters. The molecule has 0 radical (unpaired) electrons. The van der Waals surface area contributed by atoms with Gasteiger partial charge in [-0.2, -0.15) is 0 Å². The summed E-state index contributed by atoms with van der Waals surface area (Å²) in [5, 5.41) is 10.7. The maximum Gasteiger partial charge on any atom is 0.163 e. The van der Waals surface area contributed by atoms with Crippen LogP contribution in [-0.2, 0) is 13.0 Å². The minimum absolute atomic E-state index is 0. The van der Waals surface area contributed by atoms with Crippen LogP contribution in [0.15, 0.2) is 103 Å². The van der Waals surface area contributed by atoms with E-state index in [1.54, 1.807) is 18.2 Å². The maximum atomic E-state index is 13.2. The quantitative estimate of drug-likeness (QED) is 0.183. The van der Waals surface area contributed by atoms with E-state index in [4.69, 9.17) is 9.47 Å². The van der Waals surface area contributed by atoms with Crippen LogP contribution in [0.2, 0.25) is 0 Å². The Balaban J connectivity index is 0.00000423. The van der Waals surface area contributed by atoms with Gasteiger partial charge in [-0.15, -0.1) is 12.4 Å². The number of ketones is 1. The van der Waals surface area contributed by atoms with E-state index in [-0.39, 0.29) is 37.2 Å². The molecule has 0 amide bonds. The lowest BCUT2D eigenvalue weighted by atomic mass is 10.0. The van der Waals surface area contributed by atoms with E-state index in [0.29, 0.717) is 36.4 Å². The second kappa shape index (κ2) is 16.1. The maximum absolute atomic E-state index is 13.2. The molecule has 1 saturated heterocycles. The number of aryl methyl sites for hydroxylation is 1. The fourth-order valence-corrected chi connectivity index (χ4v) is 5.11. The van der Waals surface area contributed by atoms with Crippen molar-refractivity contribution in [2.45, 2.75) is 25.6 Å². The number of piperazine rings is 1. The first-order valence-electron chi connectivity index (χ1n) is 14.4. The first-order valence-corrected chi connectivity index (χ1v) is 14.4. The van der Waals surface area contributed by atoms with Gasteiger partial charge in [0.15, 0.2) is 5.78 Å². The van der Waals surface area contributed by atoms with Crippen LogP contribution in [0.1, 0.15) is 27.9 Å². The largest absolute Gasteiger partial charge is 0.490 e. The van der Waals surface area contributed by atoms with Gasteiger partial charge >= 0.3 is 0 Å². The van der Waals surface area contributed by atoms with Crippen molar-refractivity contribution in [2.75, 3.05) is 44.2 Å². The lowest BCUT2D eigenvalue weighted by Crippen LogP contribution is -2.49. The molecular weight excluding hydrogens is 567 g/mol. The molecule has 1 fully saturated rings. The van der Waals surface area contributed by atoms with Gasteiger partial charge in [0.1, 0.15) is 36.6 Å². The van der Waals surface area contributed by atoms with Crippen LogP contribution in [0.25, 0.3) is 0 Å². The van der Waals surface area contributed by atoms with Crippen molar-refractivity contribution in [3.63, 3.8) is 0 Å². The number of β-amino-alcohol motifs (C(OH)–C–C–N with tert-alkyl or cyclic N) is 1. The highest BCUT2D eigenvalue weighted by Gasteiger charge is 2.20. The molecule has 1 aliphatic heterocycles. The average Bonchev–Trinajstić information content (AvgIpc) is 3.03. The van der Waals surface area contributed by atoms with Gasteiger partial charge in [0, 0.05) is 56.0 Å². The van der Waals surface area contributed by atoms with Crippen LogP contribution < -0.4 is 14.4 Å². The topological polar surface area (TPSA) is 62.2 Å². The average molecular weight is 605 g/mol. The SMILES string of the molecule is Cl.O=C(CCc1ccccc1)c1cccc(OCc2ccccc2OCC(O)CN2CCN(c3ccc(F)cc3)CC2)c1. The van der Waals surface area contributed by atoms with Crippen molar-refractivity contribution < 1.29 is 23.8 Å². The summed E-state index contributed by atoms with van der Waals surface area (Å²) in [6.07, 6.45) is 0.499. The van der Waals surface area contributed by atoms with E-state index >= 15 is 0 Å². The minimum Gasteiger partial charge on any atom is -0.490 e. The Morgan fingerprint density at radius 3 is 2.33 bits per heavy atom. The van der Waals surface area contributed by atoms with Gasteiger partial charge in [-0.05, 0) is 54.4 Å². The van der Waals surface area contributed by atoms with Crippen molar-refractivity contribution in [1.29, 1.82) is 0 Å². The Bertz CT molecular complexity index is 1430. The van der Waals surface area contributed by atoms with Crippen LogP contribution in [0.4, 0.5) is 10.1 Å². The third-order valence-corrected chi connectivity index (χ3v) is 7.47. The summed E-state index contributed by atoms with van der Waals surface area (Å²) in [7, 11) is 0. The molecule has 4 aromatic rings. The van der Waals surface area contributed by atoms with Crippen molar-refractivity contribution in [3.8, 4) is 11.5 Å². The number of halogens is 2. The van der Waals surface area contributed by atoms with Gasteiger partial charge in [-0.3, -0.25) is 9.69 Å². The zero-order valence-corrected chi connectivity index (χ0v) is 24.9. The first kappa shape index (κ1) is 32.0. The van der Waals surface area contributed by atoms with E-state index in [9.17, 15) is 14.3 Å². The zero-order valence-electron chi connectivity index (χ0n) is 24.1. The molecular formula is C35H38ClFN2O4. The number of ether oxygens (including phenoxy) is 2. The van der Waals surface area contributed by atoms with Gasteiger partial charge in [-0.1, -0.05) is 60.7 Å². The number of carbonyl (C=O) groups is 1. The zero-order chi connectivity index (χ0) is 29.1. The number of aliphatic hydroxyl groups excluding tert-OH is 1. The summed E-state index contributed by atoms with van der Waals surface area (Å²) < 4.78 is 25.3. The molecule has 8 heteroatoms. The lowest BCUT2D eigenvalue weighted by molar-refractivity contribution is 0.0656. The van der Waals surface area contributed by atoms with Crippen molar-refractivity contribution in [3.05, 3.63) is 126 Å². The number of benzene rings is 4. The molecule has 5 rings (SSSR count). The summed E-state index contributed by atoms with van der Waals surface area (Å²) in [4.78, 5) is 17.2. The molecule has 0 spiro atoms. The minimum atomic E-state index is -0.644. The van der Waals surface area contributed by atoms with Gasteiger partial charge in [0.2, 0.25) is 0 Å². The number of rotatable bonds is 13. The Morgan fingerprint density at radius 1 is 0.837 bits per heavy atom. The second-order valence-electron chi connectivity index (χ2n) is 10.6. The van der Waals surface area contributed by atoms with Crippen molar-refractivity contribution >= 4 is 23.9 Å². The molecule has 0 aromatic heterocycles. The molecule has 1 heterocycles. The molecule has 0 bridgehead atoms. The fraction of sp³-hybridized carbons (Fsp3) is 0.286. The number of Topliss-reactive ketones (excluding diaryl/α,β-unsaturated/α-hetero) is 1. The molecule has 226 valence electrons. The summed E-state index contributed by atoms with van der Waals surface area (Å²) in [5.74, 6) is 1.13. The molecule has 0 aliphatic carbocycles. The van der Waals surface area contributed by atoms with E-state index in [1.807, 2.05) is 72.8 Å². The van der Waals surface area contributed by atoms with E-state index in [2.05, 4.69) is 9.80 Å². The third-order valence-electron chi connectivity index (χ3n) is 7.47. The summed E-state index contributed by atoms with van der Waals surface area (Å²) >= 11 is 0. The van der Waals surface area contributed by atoms with Crippen LogP contribution in [0, 0.1) is 5.82 Å². The summed E-state index contributed by atoms with van der Waals surface area (Å²) in [6.45, 7) is 4.22. The smallest absolute Gasteiger partial charge is 0.163 e. The standard InChI is InChI=1S/C35H37FN2O4.ClH/c36-30-14-16-31(17-15-30)38-21-19-37(20-22-38)24-32(39)26-42-35-12-5-4-9-29(35)25-41-33-11-6-10-28(23-33)34(40)18-13-27-7-2-1-3-8-27;/h1-12,14-17,23,32,39H,13,18-22,24-26H2;1H. The normalized spacial score (nSPS) is 14.0. The molecule has 1 aliphatic rings. The molecule has 1 atom stereocenters. The molecule has 1 N–H and O–H groups in total. The number of hydrogen-bond acceptors (Lipinski definition) is 6. The number of hydrogen-bond donors (Lipinski definition) is 1. The summed E-state index contributed by atoms with van der Waals surface area (Å²) in [6, 6.07) is 31.5. The van der Waals surface area contributed by atoms with Crippen molar-refractivity contribution in [1.82, 2.24) is 4.90 Å². The van der Waals surface area contributed by atoms with Crippen LogP contribution >= 0.6 is 12.4 Å². The van der Waals surface area contributed by atoms with Crippen LogP contribution in [-0.4, -0.2) is 61.2 Å². The highest BCUT2D eigenvalue weighted by atomic mass is 35.5. The first-order chi connectivity index (χ1) is 20.5. The van der Waals surface area contributed by atoms with Crippen molar-refractivity contribution in [2.24, 2.45) is 0 Å². The van der Waals surface area contributed by atoms with E-state index in [1.165, 1.54) is 12.1 Å². The second-order valence-corrected chi connectivity index (χ2v) is 10.6. The predicted molar refractivity (Wildman–Crippen MR) is 170 cm³/mol. The number of aliphatic hydroxyl groups is 1. The Labute approximate surface area is 259 Å². The Hall–Kier alpha value is -3.91. The number of anilines is 1. The van der Waals surface area contributed by atoms with Gasteiger partial charge in [0.25, 0.3) is 0 Å². The Kier molecular flexibility index (Phi) is 12.0. The van der Waals surface area contributed by atoms with Crippen LogP contribution in [0.5, 0.6) is 11.5 Å². The van der Waals surface area contributed by atoms with E-state index < -0.39 is 6.10 Å². The number of para-hydroxylation sites is 1. The fourth-order valence-electron chi connectivity index (χ4n) is 5.11. The number of carbonyl (C=O) groups excluding carboxylic acids is 1. The number of nitrogens with zero attached hydrogens (tertiary/aromatic N) is 2. The molecule has 4 aromatic carbocycles. The van der Waals surface area contributed by atoms with Gasteiger partial charge in [-0.25, -0.2) is 4.39 Å². The highest BCUT2D eigenvalue weighted by Crippen LogP contribution is 2.23. The van der Waals surface area contributed by atoms with Crippen LogP contribution in [0.3, 0.4) is 0 Å².